The summed E-state index contributed by atoms with van der Waals surface area (Å²) >= 11 is 6.13. The number of ether oxygens (including phenoxy) is 3. The fourth-order valence-corrected chi connectivity index (χ4v) is 3.67. The number of methoxy groups -OCH3 is 2. The van der Waals surface area contributed by atoms with Crippen LogP contribution in [0.3, 0.4) is 0 Å². The van der Waals surface area contributed by atoms with Gasteiger partial charge in [-0.2, -0.15) is 0 Å². The lowest BCUT2D eigenvalue weighted by Gasteiger charge is -2.30. The van der Waals surface area contributed by atoms with E-state index < -0.39 is 0 Å². The number of nitrogens with zero attached hydrogens (tertiary/aromatic N) is 1. The summed E-state index contributed by atoms with van der Waals surface area (Å²) in [7, 11) is 3.23. The Bertz CT molecular complexity index is 565. The molecule has 0 aromatic heterocycles. The fourth-order valence-electron chi connectivity index (χ4n) is 3.42. The maximum atomic E-state index is 12.9. The molecule has 1 aromatic carbocycles. The van der Waals surface area contributed by atoms with Crippen LogP contribution in [-0.2, 0) is 9.47 Å². The molecule has 22 heavy (non-hydrogen) atoms. The highest BCUT2D eigenvalue weighted by Crippen LogP contribution is 2.33. The summed E-state index contributed by atoms with van der Waals surface area (Å²) in [6.07, 6.45) is 1.86. The van der Waals surface area contributed by atoms with Crippen molar-refractivity contribution in [2.75, 3.05) is 27.4 Å². The second-order valence-electron chi connectivity index (χ2n) is 5.60. The predicted octanol–water partition coefficient (Wildman–Crippen LogP) is 2.37. The van der Waals surface area contributed by atoms with Gasteiger partial charge in [-0.1, -0.05) is 11.6 Å². The van der Waals surface area contributed by atoms with Crippen molar-refractivity contribution < 1.29 is 19.0 Å². The second-order valence-corrected chi connectivity index (χ2v) is 6.01. The summed E-state index contributed by atoms with van der Waals surface area (Å²) in [4.78, 5) is 14.7. The molecule has 2 bridgehead atoms. The van der Waals surface area contributed by atoms with Crippen LogP contribution in [0, 0.1) is 0 Å². The van der Waals surface area contributed by atoms with Crippen molar-refractivity contribution in [3.63, 3.8) is 0 Å². The third-order valence-corrected chi connectivity index (χ3v) is 4.78. The first-order valence-electron chi connectivity index (χ1n) is 7.44. The minimum atomic E-state index is -0.0554. The summed E-state index contributed by atoms with van der Waals surface area (Å²) in [5, 5.41) is 0.437. The molecule has 3 rings (SSSR count). The van der Waals surface area contributed by atoms with E-state index >= 15 is 0 Å². The number of carbonyl (C=O) groups excluding carboxylic acids is 1. The van der Waals surface area contributed by atoms with Gasteiger partial charge in [0.15, 0.2) is 0 Å². The lowest BCUT2D eigenvalue weighted by atomic mass is 10.1. The first kappa shape index (κ1) is 15.6. The number of halogens is 1. The molecule has 0 radical (unpaired) electrons. The molecule has 0 spiro atoms. The average molecular weight is 326 g/mol. The minimum absolute atomic E-state index is 0.0391. The fraction of sp³-hybridized carbons (Fsp3) is 0.562. The molecular weight excluding hydrogens is 306 g/mol. The van der Waals surface area contributed by atoms with E-state index in [-0.39, 0.29) is 24.2 Å². The number of rotatable bonds is 3. The van der Waals surface area contributed by atoms with Gasteiger partial charge in [0.1, 0.15) is 11.9 Å². The van der Waals surface area contributed by atoms with Gasteiger partial charge in [-0.15, -0.1) is 0 Å². The molecule has 2 aliphatic rings. The van der Waals surface area contributed by atoms with Gasteiger partial charge in [0.05, 0.1) is 30.9 Å². The Balaban J connectivity index is 1.85. The van der Waals surface area contributed by atoms with Gasteiger partial charge in [0, 0.05) is 19.2 Å². The normalized spacial score (nSPS) is 27.6. The molecule has 1 aliphatic heterocycles. The molecule has 5 nitrogen and oxygen atoms in total. The molecule has 1 aliphatic carbocycles. The van der Waals surface area contributed by atoms with Crippen LogP contribution in [0.2, 0.25) is 5.02 Å². The van der Waals surface area contributed by atoms with E-state index in [1.165, 1.54) is 0 Å². The van der Waals surface area contributed by atoms with Crippen molar-refractivity contribution in [2.45, 2.75) is 31.1 Å². The van der Waals surface area contributed by atoms with Gasteiger partial charge in [-0.3, -0.25) is 4.79 Å². The van der Waals surface area contributed by atoms with E-state index in [1.807, 2.05) is 4.90 Å². The standard InChI is InChI=1S/C16H20ClNO4/c1-20-13-5-3-10(9-11(13)17)16(19)18-7-8-22-14-6-4-12(18)15(14)21-2/h3,5,9,12,14-15H,4,6-8H2,1-2H3/t12-,14-,15+/m0/s1. The monoisotopic (exact) mass is 325 g/mol. The van der Waals surface area contributed by atoms with Crippen LogP contribution in [0.4, 0.5) is 0 Å². The van der Waals surface area contributed by atoms with E-state index in [4.69, 9.17) is 25.8 Å². The van der Waals surface area contributed by atoms with Gasteiger partial charge in [0.2, 0.25) is 0 Å². The van der Waals surface area contributed by atoms with Crippen LogP contribution in [0.1, 0.15) is 23.2 Å². The Kier molecular flexibility index (Phi) is 4.57. The lowest BCUT2D eigenvalue weighted by molar-refractivity contribution is -0.0316. The SMILES string of the molecule is COc1ccc(C(=O)N2CCO[C@H]3CC[C@H]2[C@H]3OC)cc1Cl. The maximum absolute atomic E-state index is 12.9. The number of benzene rings is 1. The topological polar surface area (TPSA) is 48.0 Å². The summed E-state index contributed by atoms with van der Waals surface area (Å²) in [5.41, 5.74) is 0.561. The largest absolute Gasteiger partial charge is 0.495 e. The van der Waals surface area contributed by atoms with Crippen LogP contribution in [0.15, 0.2) is 18.2 Å². The van der Waals surface area contributed by atoms with Crippen LogP contribution in [-0.4, -0.2) is 56.4 Å². The summed E-state index contributed by atoms with van der Waals surface area (Å²) in [6.45, 7) is 1.11. The van der Waals surface area contributed by atoms with Gasteiger partial charge >= 0.3 is 0 Å². The minimum Gasteiger partial charge on any atom is -0.495 e. The Morgan fingerprint density at radius 1 is 1.36 bits per heavy atom. The molecule has 1 saturated carbocycles. The molecule has 1 heterocycles. The quantitative estimate of drug-likeness (QED) is 0.856. The van der Waals surface area contributed by atoms with Crippen LogP contribution in [0.5, 0.6) is 5.75 Å². The Labute approximate surface area is 135 Å². The number of carbonyl (C=O) groups is 1. The zero-order valence-corrected chi connectivity index (χ0v) is 13.5. The molecule has 1 amide bonds. The predicted molar refractivity (Wildman–Crippen MR) is 82.6 cm³/mol. The number of hydrogen-bond acceptors (Lipinski definition) is 4. The smallest absolute Gasteiger partial charge is 0.254 e. The Morgan fingerprint density at radius 2 is 2.18 bits per heavy atom. The van der Waals surface area contributed by atoms with Gasteiger partial charge in [-0.25, -0.2) is 0 Å². The van der Waals surface area contributed by atoms with Crippen LogP contribution >= 0.6 is 11.6 Å². The van der Waals surface area contributed by atoms with Gasteiger partial charge in [-0.05, 0) is 31.0 Å². The number of hydrogen-bond donors (Lipinski definition) is 0. The summed E-state index contributed by atoms with van der Waals surface area (Å²) in [6, 6.07) is 5.18. The highest BCUT2D eigenvalue weighted by molar-refractivity contribution is 6.32. The van der Waals surface area contributed by atoms with Crippen molar-refractivity contribution in [3.05, 3.63) is 28.8 Å². The van der Waals surface area contributed by atoms with Crippen molar-refractivity contribution in [2.24, 2.45) is 0 Å². The summed E-state index contributed by atoms with van der Waals surface area (Å²) < 4.78 is 16.5. The number of amides is 1. The summed E-state index contributed by atoms with van der Waals surface area (Å²) in [5.74, 6) is 0.524. The van der Waals surface area contributed by atoms with Crippen molar-refractivity contribution in [3.8, 4) is 5.75 Å². The van der Waals surface area contributed by atoms with E-state index in [9.17, 15) is 4.79 Å². The zero-order chi connectivity index (χ0) is 15.7. The number of fused-ring (bicyclic) bond motifs is 2. The molecule has 0 N–H and O–H groups in total. The lowest BCUT2D eigenvalue weighted by Crippen LogP contribution is -2.46. The van der Waals surface area contributed by atoms with Gasteiger partial charge in [0.25, 0.3) is 5.91 Å². The molecule has 1 saturated heterocycles. The van der Waals surface area contributed by atoms with E-state index in [1.54, 1.807) is 32.4 Å². The van der Waals surface area contributed by atoms with E-state index in [0.29, 0.717) is 29.5 Å². The molecular formula is C16H20ClNO4. The molecule has 2 fully saturated rings. The zero-order valence-electron chi connectivity index (χ0n) is 12.8. The Hall–Kier alpha value is -1.30. The highest BCUT2D eigenvalue weighted by atomic mass is 35.5. The second kappa shape index (κ2) is 6.44. The average Bonchev–Trinajstić information content (AvgIpc) is 2.82. The van der Waals surface area contributed by atoms with E-state index in [0.717, 1.165) is 12.8 Å². The van der Waals surface area contributed by atoms with Crippen LogP contribution < -0.4 is 4.74 Å². The van der Waals surface area contributed by atoms with E-state index in [2.05, 4.69) is 0 Å². The Morgan fingerprint density at radius 3 is 2.86 bits per heavy atom. The van der Waals surface area contributed by atoms with Crippen LogP contribution in [0.25, 0.3) is 0 Å². The molecule has 1 aromatic rings. The molecule has 0 unspecified atom stereocenters. The highest BCUT2D eigenvalue weighted by Gasteiger charge is 2.44. The van der Waals surface area contributed by atoms with Crippen molar-refractivity contribution in [1.82, 2.24) is 4.90 Å². The first-order valence-corrected chi connectivity index (χ1v) is 7.82. The van der Waals surface area contributed by atoms with Crippen molar-refractivity contribution >= 4 is 17.5 Å². The third kappa shape index (κ3) is 2.69. The molecule has 6 heteroatoms. The first-order chi connectivity index (χ1) is 10.7. The molecule has 3 atom stereocenters. The maximum Gasteiger partial charge on any atom is 0.254 e. The molecule has 120 valence electrons. The third-order valence-electron chi connectivity index (χ3n) is 4.49. The van der Waals surface area contributed by atoms with Crippen molar-refractivity contribution in [1.29, 1.82) is 0 Å². The van der Waals surface area contributed by atoms with Gasteiger partial charge < -0.3 is 19.1 Å².